The van der Waals surface area contributed by atoms with Crippen LogP contribution in [0, 0.1) is 5.92 Å². The summed E-state index contributed by atoms with van der Waals surface area (Å²) in [5.74, 6) is 0.270. The SMILES string of the molecule is COCCC(CO)Cc1ccc(Cl)cc1. The Morgan fingerprint density at radius 1 is 1.33 bits per heavy atom. The highest BCUT2D eigenvalue weighted by atomic mass is 35.5. The Hall–Kier alpha value is -0.570. The molecule has 0 spiro atoms. The van der Waals surface area contributed by atoms with Crippen molar-refractivity contribution in [3.63, 3.8) is 0 Å². The lowest BCUT2D eigenvalue weighted by Crippen LogP contribution is -2.12. The molecule has 1 aromatic carbocycles. The third-order valence-corrected chi connectivity index (χ3v) is 2.68. The third-order valence-electron chi connectivity index (χ3n) is 2.43. The van der Waals surface area contributed by atoms with E-state index in [0.717, 1.165) is 17.9 Å². The molecule has 0 saturated heterocycles. The van der Waals surface area contributed by atoms with E-state index in [-0.39, 0.29) is 12.5 Å². The van der Waals surface area contributed by atoms with Crippen molar-refractivity contribution in [1.82, 2.24) is 0 Å². The summed E-state index contributed by atoms with van der Waals surface area (Å²) in [6, 6.07) is 7.75. The second kappa shape index (κ2) is 6.83. The monoisotopic (exact) mass is 228 g/mol. The standard InChI is InChI=1S/C12H17ClO2/c1-15-7-6-11(9-14)8-10-2-4-12(13)5-3-10/h2-5,11,14H,6-9H2,1H3. The summed E-state index contributed by atoms with van der Waals surface area (Å²) in [4.78, 5) is 0. The minimum absolute atomic E-state index is 0.200. The molecule has 0 amide bonds. The van der Waals surface area contributed by atoms with E-state index in [0.29, 0.717) is 6.61 Å². The molecule has 2 nitrogen and oxygen atoms in total. The smallest absolute Gasteiger partial charge is 0.0465 e. The minimum atomic E-state index is 0.200. The van der Waals surface area contributed by atoms with E-state index in [1.54, 1.807) is 7.11 Å². The highest BCUT2D eigenvalue weighted by molar-refractivity contribution is 6.30. The fraction of sp³-hybridized carbons (Fsp3) is 0.500. The lowest BCUT2D eigenvalue weighted by molar-refractivity contribution is 0.147. The number of benzene rings is 1. The lowest BCUT2D eigenvalue weighted by atomic mass is 9.97. The Balaban J connectivity index is 2.47. The molecular weight excluding hydrogens is 212 g/mol. The maximum atomic E-state index is 9.19. The topological polar surface area (TPSA) is 29.5 Å². The molecule has 0 radical (unpaired) electrons. The van der Waals surface area contributed by atoms with Crippen molar-refractivity contribution in [3.8, 4) is 0 Å². The van der Waals surface area contributed by atoms with Gasteiger partial charge >= 0.3 is 0 Å². The number of hydrogen-bond acceptors (Lipinski definition) is 2. The average molecular weight is 229 g/mol. The molecule has 0 aliphatic rings. The van der Waals surface area contributed by atoms with Crippen LogP contribution >= 0.6 is 11.6 Å². The Bertz CT molecular complexity index is 271. The van der Waals surface area contributed by atoms with Crippen molar-refractivity contribution < 1.29 is 9.84 Å². The van der Waals surface area contributed by atoms with Gasteiger partial charge in [-0.05, 0) is 36.5 Å². The second-order valence-corrected chi connectivity index (χ2v) is 4.10. The molecule has 0 saturated carbocycles. The van der Waals surface area contributed by atoms with Gasteiger partial charge in [0, 0.05) is 25.3 Å². The molecular formula is C12H17ClO2. The largest absolute Gasteiger partial charge is 0.396 e. The van der Waals surface area contributed by atoms with Gasteiger partial charge in [0.15, 0.2) is 0 Å². The summed E-state index contributed by atoms with van der Waals surface area (Å²) in [5.41, 5.74) is 1.20. The normalized spacial score (nSPS) is 12.7. The molecule has 84 valence electrons. The molecule has 1 atom stereocenters. The molecule has 15 heavy (non-hydrogen) atoms. The summed E-state index contributed by atoms with van der Waals surface area (Å²) in [6.07, 6.45) is 1.76. The Morgan fingerprint density at radius 3 is 2.53 bits per heavy atom. The zero-order valence-corrected chi connectivity index (χ0v) is 9.70. The molecule has 0 aliphatic carbocycles. The van der Waals surface area contributed by atoms with Crippen LogP contribution in [0.25, 0.3) is 0 Å². The summed E-state index contributed by atoms with van der Waals surface area (Å²) in [6.45, 7) is 0.894. The third kappa shape index (κ3) is 4.65. The number of ether oxygens (including phenoxy) is 1. The first-order chi connectivity index (χ1) is 7.26. The molecule has 0 aliphatic heterocycles. The first-order valence-corrected chi connectivity index (χ1v) is 5.48. The van der Waals surface area contributed by atoms with Gasteiger partial charge < -0.3 is 9.84 Å². The quantitative estimate of drug-likeness (QED) is 0.811. The fourth-order valence-corrected chi connectivity index (χ4v) is 1.62. The highest BCUT2D eigenvalue weighted by Gasteiger charge is 2.08. The number of aliphatic hydroxyl groups excluding tert-OH is 1. The van der Waals surface area contributed by atoms with Crippen molar-refractivity contribution in [2.24, 2.45) is 5.92 Å². The highest BCUT2D eigenvalue weighted by Crippen LogP contribution is 2.15. The van der Waals surface area contributed by atoms with Gasteiger partial charge in [-0.25, -0.2) is 0 Å². The number of hydrogen-bond donors (Lipinski definition) is 1. The second-order valence-electron chi connectivity index (χ2n) is 3.66. The number of methoxy groups -OCH3 is 1. The predicted octanol–water partition coefficient (Wildman–Crippen LogP) is 2.53. The van der Waals surface area contributed by atoms with Crippen LogP contribution in [0.4, 0.5) is 0 Å². The summed E-state index contributed by atoms with van der Waals surface area (Å²) in [5, 5.41) is 9.93. The predicted molar refractivity (Wildman–Crippen MR) is 62.2 cm³/mol. The Labute approximate surface area is 95.8 Å². The zero-order valence-electron chi connectivity index (χ0n) is 8.95. The number of aliphatic hydroxyl groups is 1. The van der Waals surface area contributed by atoms with E-state index >= 15 is 0 Å². The van der Waals surface area contributed by atoms with E-state index in [2.05, 4.69) is 0 Å². The van der Waals surface area contributed by atoms with Crippen LogP contribution in [0.15, 0.2) is 24.3 Å². The van der Waals surface area contributed by atoms with Gasteiger partial charge in [0.05, 0.1) is 0 Å². The molecule has 0 bridgehead atoms. The van der Waals surface area contributed by atoms with E-state index in [1.807, 2.05) is 24.3 Å². The van der Waals surface area contributed by atoms with Gasteiger partial charge in [-0.2, -0.15) is 0 Å². The van der Waals surface area contributed by atoms with Gasteiger partial charge in [0.25, 0.3) is 0 Å². The fourth-order valence-electron chi connectivity index (χ4n) is 1.50. The van der Waals surface area contributed by atoms with Crippen molar-refractivity contribution in [1.29, 1.82) is 0 Å². The maximum Gasteiger partial charge on any atom is 0.0465 e. The molecule has 0 heterocycles. The van der Waals surface area contributed by atoms with Gasteiger partial charge in [0.1, 0.15) is 0 Å². The minimum Gasteiger partial charge on any atom is -0.396 e. The van der Waals surface area contributed by atoms with Crippen LogP contribution in [-0.2, 0) is 11.2 Å². The Morgan fingerprint density at radius 2 is 2.00 bits per heavy atom. The zero-order chi connectivity index (χ0) is 11.1. The lowest BCUT2D eigenvalue weighted by Gasteiger charge is -2.13. The Kier molecular flexibility index (Phi) is 5.69. The maximum absolute atomic E-state index is 9.19. The molecule has 0 fully saturated rings. The molecule has 1 aromatic rings. The van der Waals surface area contributed by atoms with Crippen LogP contribution in [0.1, 0.15) is 12.0 Å². The summed E-state index contributed by atoms with van der Waals surface area (Å²) >= 11 is 5.80. The summed E-state index contributed by atoms with van der Waals surface area (Å²) < 4.78 is 5.00. The van der Waals surface area contributed by atoms with Gasteiger partial charge in [0.2, 0.25) is 0 Å². The van der Waals surface area contributed by atoms with Gasteiger partial charge in [-0.1, -0.05) is 23.7 Å². The van der Waals surface area contributed by atoms with Crippen LogP contribution in [0.2, 0.25) is 5.02 Å². The van der Waals surface area contributed by atoms with E-state index in [9.17, 15) is 5.11 Å². The average Bonchev–Trinajstić information content (AvgIpc) is 2.27. The van der Waals surface area contributed by atoms with Crippen molar-refractivity contribution >= 4 is 11.6 Å². The molecule has 1 rings (SSSR count). The van der Waals surface area contributed by atoms with E-state index < -0.39 is 0 Å². The molecule has 1 unspecified atom stereocenters. The number of halogens is 1. The summed E-state index contributed by atoms with van der Waals surface area (Å²) in [7, 11) is 1.68. The van der Waals surface area contributed by atoms with Gasteiger partial charge in [-0.3, -0.25) is 0 Å². The van der Waals surface area contributed by atoms with Crippen molar-refractivity contribution in [2.75, 3.05) is 20.3 Å². The first-order valence-electron chi connectivity index (χ1n) is 5.10. The van der Waals surface area contributed by atoms with Gasteiger partial charge in [-0.15, -0.1) is 0 Å². The van der Waals surface area contributed by atoms with E-state index in [4.69, 9.17) is 16.3 Å². The van der Waals surface area contributed by atoms with Crippen molar-refractivity contribution in [2.45, 2.75) is 12.8 Å². The first kappa shape index (κ1) is 12.5. The van der Waals surface area contributed by atoms with Crippen molar-refractivity contribution in [3.05, 3.63) is 34.9 Å². The molecule has 0 aromatic heterocycles. The number of rotatable bonds is 6. The van der Waals surface area contributed by atoms with Crippen LogP contribution < -0.4 is 0 Å². The molecule has 3 heteroatoms. The van der Waals surface area contributed by atoms with Crippen LogP contribution in [0.5, 0.6) is 0 Å². The molecule has 1 N–H and O–H groups in total. The van der Waals surface area contributed by atoms with E-state index in [1.165, 1.54) is 5.56 Å². The van der Waals surface area contributed by atoms with Crippen LogP contribution in [-0.4, -0.2) is 25.4 Å². The van der Waals surface area contributed by atoms with Crippen LogP contribution in [0.3, 0.4) is 0 Å².